The van der Waals surface area contributed by atoms with Gasteiger partial charge >= 0.3 is 17.9 Å². The molecule has 0 spiro atoms. The summed E-state index contributed by atoms with van der Waals surface area (Å²) in [5.41, 5.74) is 0. The lowest BCUT2D eigenvalue weighted by atomic mass is 10.1. The lowest BCUT2D eigenvalue weighted by Crippen LogP contribution is -2.30. The van der Waals surface area contributed by atoms with Crippen molar-refractivity contribution in [1.82, 2.24) is 0 Å². The number of hydrogen-bond acceptors (Lipinski definition) is 6. The van der Waals surface area contributed by atoms with Gasteiger partial charge in [-0.05, 0) is 89.9 Å². The van der Waals surface area contributed by atoms with Crippen LogP contribution in [0.4, 0.5) is 0 Å². The molecule has 0 heterocycles. The SMILES string of the molecule is CCCCC/C=C\C=C/CCCCCCCCC(=O)OC(COC(=O)CCC/C=C\CCCCCC)COC(=O)CCCCC/C=C\C=C/CCCCCCCCC. The number of hydrogen-bond donors (Lipinski definition) is 0. The van der Waals surface area contributed by atoms with E-state index in [2.05, 4.69) is 81.5 Å². The molecule has 0 aromatic heterocycles. The topological polar surface area (TPSA) is 78.9 Å². The number of ether oxygens (including phenoxy) is 3. The second-order valence-corrected chi connectivity index (χ2v) is 16.1. The van der Waals surface area contributed by atoms with Crippen molar-refractivity contribution in [2.75, 3.05) is 13.2 Å². The molecule has 334 valence electrons. The molecule has 0 saturated carbocycles. The average Bonchev–Trinajstić information content (AvgIpc) is 3.22. The highest BCUT2D eigenvalue weighted by Crippen LogP contribution is 2.13. The minimum absolute atomic E-state index is 0.102. The molecule has 0 radical (unpaired) electrons. The predicted molar refractivity (Wildman–Crippen MR) is 247 cm³/mol. The molecule has 0 saturated heterocycles. The molecule has 6 nitrogen and oxygen atoms in total. The molecule has 0 N–H and O–H groups in total. The van der Waals surface area contributed by atoms with Gasteiger partial charge in [0.1, 0.15) is 13.2 Å². The first-order valence-corrected chi connectivity index (χ1v) is 24.3. The summed E-state index contributed by atoms with van der Waals surface area (Å²) in [5.74, 6) is -0.974. The second-order valence-electron chi connectivity index (χ2n) is 16.1. The van der Waals surface area contributed by atoms with Crippen LogP contribution < -0.4 is 0 Å². The number of carbonyl (C=O) groups is 3. The van der Waals surface area contributed by atoms with E-state index in [0.29, 0.717) is 25.7 Å². The molecule has 0 aliphatic carbocycles. The summed E-state index contributed by atoms with van der Waals surface area (Å²) >= 11 is 0. The minimum atomic E-state index is -0.799. The number of carbonyl (C=O) groups excluding carboxylic acids is 3. The van der Waals surface area contributed by atoms with Crippen molar-refractivity contribution in [2.24, 2.45) is 0 Å². The van der Waals surface area contributed by atoms with Gasteiger partial charge in [-0.25, -0.2) is 0 Å². The maximum absolute atomic E-state index is 12.7. The van der Waals surface area contributed by atoms with E-state index < -0.39 is 6.10 Å². The lowest BCUT2D eigenvalue weighted by molar-refractivity contribution is -0.167. The molecule has 0 aromatic rings. The number of rotatable bonds is 43. The molecular formula is C52H90O6. The van der Waals surface area contributed by atoms with Crippen molar-refractivity contribution >= 4 is 17.9 Å². The van der Waals surface area contributed by atoms with Crippen LogP contribution in [0.3, 0.4) is 0 Å². The highest BCUT2D eigenvalue weighted by molar-refractivity contribution is 5.71. The Morgan fingerprint density at radius 3 is 1.10 bits per heavy atom. The van der Waals surface area contributed by atoms with Crippen molar-refractivity contribution in [1.29, 1.82) is 0 Å². The van der Waals surface area contributed by atoms with Crippen LogP contribution >= 0.6 is 0 Å². The minimum Gasteiger partial charge on any atom is -0.462 e. The van der Waals surface area contributed by atoms with Crippen molar-refractivity contribution < 1.29 is 28.6 Å². The molecule has 0 rings (SSSR count). The van der Waals surface area contributed by atoms with Crippen LogP contribution in [0.1, 0.15) is 233 Å². The smallest absolute Gasteiger partial charge is 0.306 e. The fourth-order valence-corrected chi connectivity index (χ4v) is 6.54. The third-order valence-electron chi connectivity index (χ3n) is 10.3. The standard InChI is InChI=1S/C52H90O6/c1-4-7-10-13-16-19-21-23-25-27-28-30-33-36-39-42-45-51(54)57-48-49(47-56-50(53)44-41-38-35-32-18-15-12-9-6-3)58-52(55)46-43-40-37-34-31-29-26-24-22-20-17-14-11-8-5-2/h17,20,22,24-25,27-28,30,32,35,49H,4-16,18-19,21,23,26,29,31,33-34,36-48H2,1-3H3/b20-17-,24-22-,27-25-,30-28-,35-32-. The third-order valence-corrected chi connectivity index (χ3v) is 10.3. The van der Waals surface area contributed by atoms with Crippen LogP contribution in [0.2, 0.25) is 0 Å². The molecule has 0 fully saturated rings. The quantitative estimate of drug-likeness (QED) is 0.0201. The highest BCUT2D eigenvalue weighted by Gasteiger charge is 2.19. The number of esters is 3. The largest absolute Gasteiger partial charge is 0.462 e. The molecule has 0 bridgehead atoms. The van der Waals surface area contributed by atoms with Gasteiger partial charge in [-0.2, -0.15) is 0 Å². The Balaban J connectivity index is 4.43. The average molecular weight is 811 g/mol. The highest BCUT2D eigenvalue weighted by atomic mass is 16.6. The Bertz CT molecular complexity index is 1070. The Hall–Kier alpha value is -2.89. The van der Waals surface area contributed by atoms with Crippen LogP contribution in [-0.2, 0) is 28.6 Å². The van der Waals surface area contributed by atoms with Crippen molar-refractivity contribution in [3.63, 3.8) is 0 Å². The van der Waals surface area contributed by atoms with Crippen LogP contribution in [0.5, 0.6) is 0 Å². The second kappa shape index (κ2) is 46.8. The summed E-state index contributed by atoms with van der Waals surface area (Å²) in [6.07, 6.45) is 56.4. The number of allylic oxidation sites excluding steroid dienone is 10. The maximum atomic E-state index is 12.7. The molecule has 0 aliphatic rings. The zero-order valence-corrected chi connectivity index (χ0v) is 38.0. The van der Waals surface area contributed by atoms with Gasteiger partial charge in [-0.15, -0.1) is 0 Å². The van der Waals surface area contributed by atoms with E-state index in [9.17, 15) is 14.4 Å². The van der Waals surface area contributed by atoms with E-state index in [1.165, 1.54) is 109 Å². The van der Waals surface area contributed by atoms with E-state index >= 15 is 0 Å². The van der Waals surface area contributed by atoms with Gasteiger partial charge in [0, 0.05) is 19.3 Å². The molecular weight excluding hydrogens is 721 g/mol. The molecule has 0 aromatic carbocycles. The van der Waals surface area contributed by atoms with Gasteiger partial charge in [0.25, 0.3) is 0 Å². The van der Waals surface area contributed by atoms with Gasteiger partial charge < -0.3 is 14.2 Å². The first-order chi connectivity index (χ1) is 28.5. The molecule has 1 atom stereocenters. The summed E-state index contributed by atoms with van der Waals surface area (Å²) in [6, 6.07) is 0. The fourth-order valence-electron chi connectivity index (χ4n) is 6.54. The van der Waals surface area contributed by atoms with Gasteiger partial charge in [0.2, 0.25) is 0 Å². The van der Waals surface area contributed by atoms with E-state index in [4.69, 9.17) is 14.2 Å². The maximum Gasteiger partial charge on any atom is 0.306 e. The predicted octanol–water partition coefficient (Wildman–Crippen LogP) is 15.7. The lowest BCUT2D eigenvalue weighted by Gasteiger charge is -2.18. The first kappa shape index (κ1) is 55.1. The molecule has 0 aliphatic heterocycles. The van der Waals surface area contributed by atoms with E-state index in [1.807, 2.05) is 0 Å². The number of unbranched alkanes of at least 4 members (excludes halogenated alkanes) is 24. The summed E-state index contributed by atoms with van der Waals surface area (Å²) in [4.78, 5) is 37.8. The Labute approximate surface area is 358 Å². The van der Waals surface area contributed by atoms with Crippen LogP contribution in [0, 0.1) is 0 Å². The molecule has 6 heteroatoms. The van der Waals surface area contributed by atoms with Crippen LogP contribution in [0.15, 0.2) is 60.8 Å². The first-order valence-electron chi connectivity index (χ1n) is 24.3. The summed E-state index contributed by atoms with van der Waals surface area (Å²) in [7, 11) is 0. The van der Waals surface area contributed by atoms with Gasteiger partial charge in [0.15, 0.2) is 6.10 Å². The zero-order chi connectivity index (χ0) is 42.3. The van der Waals surface area contributed by atoms with Gasteiger partial charge in [0.05, 0.1) is 0 Å². The Morgan fingerprint density at radius 2 is 0.638 bits per heavy atom. The van der Waals surface area contributed by atoms with E-state index in [0.717, 1.165) is 77.0 Å². The van der Waals surface area contributed by atoms with Crippen LogP contribution in [-0.4, -0.2) is 37.2 Å². The Kier molecular flexibility index (Phi) is 44.5. The fraction of sp³-hybridized carbons (Fsp3) is 0.750. The zero-order valence-electron chi connectivity index (χ0n) is 38.0. The Morgan fingerprint density at radius 1 is 0.345 bits per heavy atom. The van der Waals surface area contributed by atoms with Gasteiger partial charge in [-0.3, -0.25) is 14.4 Å². The van der Waals surface area contributed by atoms with E-state index in [-0.39, 0.29) is 31.1 Å². The van der Waals surface area contributed by atoms with Crippen molar-refractivity contribution in [3.05, 3.63) is 60.8 Å². The molecule has 1 unspecified atom stereocenters. The van der Waals surface area contributed by atoms with Crippen molar-refractivity contribution in [3.8, 4) is 0 Å². The molecule has 0 amide bonds. The van der Waals surface area contributed by atoms with Gasteiger partial charge in [-0.1, -0.05) is 184 Å². The van der Waals surface area contributed by atoms with Crippen molar-refractivity contribution in [2.45, 2.75) is 239 Å². The third kappa shape index (κ3) is 44.2. The summed E-state index contributed by atoms with van der Waals surface area (Å²) in [6.45, 7) is 6.50. The summed E-state index contributed by atoms with van der Waals surface area (Å²) < 4.78 is 16.7. The monoisotopic (exact) mass is 811 g/mol. The van der Waals surface area contributed by atoms with Crippen LogP contribution in [0.25, 0.3) is 0 Å². The summed E-state index contributed by atoms with van der Waals surface area (Å²) in [5, 5.41) is 0. The van der Waals surface area contributed by atoms with E-state index in [1.54, 1.807) is 0 Å². The normalized spacial score (nSPS) is 12.5. The molecule has 58 heavy (non-hydrogen) atoms.